The van der Waals surface area contributed by atoms with Crippen LogP contribution in [0.4, 0.5) is 5.69 Å². The molecule has 0 unspecified atom stereocenters. The molecule has 2 heterocycles. The molecule has 0 atom stereocenters. The van der Waals surface area contributed by atoms with Crippen molar-refractivity contribution in [1.82, 2.24) is 9.80 Å². The zero-order valence-corrected chi connectivity index (χ0v) is 24.8. The number of anilines is 1. The fourth-order valence-electron chi connectivity index (χ4n) is 6.16. The molecule has 3 aromatic rings. The van der Waals surface area contributed by atoms with Gasteiger partial charge in [-0.1, -0.05) is 61.5 Å². The Morgan fingerprint density at radius 3 is 2.10 bits per heavy atom. The van der Waals surface area contributed by atoms with Gasteiger partial charge in [0.1, 0.15) is 12.4 Å². The van der Waals surface area contributed by atoms with Gasteiger partial charge >= 0.3 is 0 Å². The Kier molecular flexibility index (Phi) is 10.3. The third kappa shape index (κ3) is 8.08. The summed E-state index contributed by atoms with van der Waals surface area (Å²) in [6, 6.07) is 27.5. The second-order valence-electron chi connectivity index (χ2n) is 11.6. The van der Waals surface area contributed by atoms with Crippen LogP contribution < -0.4 is 10.1 Å². The molecule has 1 amide bonds. The van der Waals surface area contributed by atoms with Crippen LogP contribution in [0.15, 0.2) is 78.9 Å². The second kappa shape index (κ2) is 14.5. The van der Waals surface area contributed by atoms with Crippen LogP contribution in [0.25, 0.3) is 11.1 Å². The maximum absolute atomic E-state index is 12.8. The van der Waals surface area contributed by atoms with E-state index in [2.05, 4.69) is 95.8 Å². The van der Waals surface area contributed by atoms with E-state index in [1.165, 1.54) is 42.6 Å². The standard InChI is InChI=1S/C36H45N3O2/c1-3-34(29-9-5-4-6-10-29)36(31-13-17-33(18-14-31)41-26-25-39-21-7-8-22-39)30-11-15-32(16-12-30)37-35(40)27-28-19-23-38(2)24-20-28/h4-6,9-18,28H,3,7-8,19-27H2,1-2H3,(H,37,40)/b36-34+. The molecule has 2 saturated heterocycles. The Morgan fingerprint density at radius 2 is 1.46 bits per heavy atom. The Hall–Kier alpha value is -3.41. The second-order valence-corrected chi connectivity index (χ2v) is 11.6. The molecule has 5 rings (SSSR count). The van der Waals surface area contributed by atoms with Crippen LogP contribution in [0.5, 0.6) is 5.75 Å². The average Bonchev–Trinajstić information content (AvgIpc) is 3.52. The van der Waals surface area contributed by atoms with E-state index in [0.29, 0.717) is 12.3 Å². The highest BCUT2D eigenvalue weighted by Crippen LogP contribution is 2.35. The lowest BCUT2D eigenvalue weighted by molar-refractivity contribution is -0.117. The number of piperidine rings is 1. The zero-order chi connectivity index (χ0) is 28.4. The summed E-state index contributed by atoms with van der Waals surface area (Å²) in [5.41, 5.74) is 6.90. The van der Waals surface area contributed by atoms with Crippen LogP contribution in [-0.4, -0.2) is 62.1 Å². The highest BCUT2D eigenvalue weighted by Gasteiger charge is 2.20. The number of nitrogens with zero attached hydrogens (tertiary/aromatic N) is 2. The van der Waals surface area contributed by atoms with Crippen molar-refractivity contribution in [3.8, 4) is 5.75 Å². The molecule has 0 aromatic heterocycles. The molecule has 5 nitrogen and oxygen atoms in total. The molecule has 0 bridgehead atoms. The van der Waals surface area contributed by atoms with Crippen LogP contribution in [0.2, 0.25) is 0 Å². The summed E-state index contributed by atoms with van der Waals surface area (Å²) in [7, 11) is 2.15. The third-order valence-corrected chi connectivity index (χ3v) is 8.57. The van der Waals surface area contributed by atoms with E-state index in [9.17, 15) is 4.79 Å². The molecule has 2 aliphatic heterocycles. The quantitative estimate of drug-likeness (QED) is 0.256. The Bertz CT molecular complexity index is 1270. The molecular formula is C36H45N3O2. The summed E-state index contributed by atoms with van der Waals surface area (Å²) in [6.07, 6.45) is 6.30. The van der Waals surface area contributed by atoms with Crippen LogP contribution >= 0.6 is 0 Å². The van der Waals surface area contributed by atoms with Gasteiger partial charge in [-0.3, -0.25) is 9.69 Å². The average molecular weight is 552 g/mol. The molecule has 0 spiro atoms. The molecule has 0 radical (unpaired) electrons. The van der Waals surface area contributed by atoms with Crippen molar-refractivity contribution >= 4 is 22.7 Å². The Labute approximate surface area is 246 Å². The maximum Gasteiger partial charge on any atom is 0.224 e. The fraction of sp³-hybridized carbons (Fsp3) is 0.417. The van der Waals surface area contributed by atoms with Crippen LogP contribution in [0.1, 0.15) is 62.1 Å². The molecule has 1 N–H and O–H groups in total. The van der Waals surface area contributed by atoms with Crippen molar-refractivity contribution < 1.29 is 9.53 Å². The van der Waals surface area contributed by atoms with Gasteiger partial charge in [0.05, 0.1) is 0 Å². The van der Waals surface area contributed by atoms with E-state index >= 15 is 0 Å². The summed E-state index contributed by atoms with van der Waals surface area (Å²) in [5.74, 6) is 1.50. The number of nitrogens with one attached hydrogen (secondary N) is 1. The van der Waals surface area contributed by atoms with Crippen molar-refractivity contribution in [1.29, 1.82) is 0 Å². The van der Waals surface area contributed by atoms with Crippen molar-refractivity contribution in [2.24, 2.45) is 5.92 Å². The maximum atomic E-state index is 12.8. The smallest absolute Gasteiger partial charge is 0.224 e. The van der Waals surface area contributed by atoms with Gasteiger partial charge in [0, 0.05) is 18.7 Å². The largest absolute Gasteiger partial charge is 0.492 e. The van der Waals surface area contributed by atoms with Gasteiger partial charge in [0.2, 0.25) is 5.91 Å². The minimum Gasteiger partial charge on any atom is -0.492 e. The molecular weight excluding hydrogens is 506 g/mol. The molecule has 5 heteroatoms. The van der Waals surface area contributed by atoms with Gasteiger partial charge in [-0.05, 0) is 123 Å². The van der Waals surface area contributed by atoms with Crippen LogP contribution in [0.3, 0.4) is 0 Å². The molecule has 0 aliphatic carbocycles. The number of hydrogen-bond donors (Lipinski definition) is 1. The first-order valence-corrected chi connectivity index (χ1v) is 15.4. The van der Waals surface area contributed by atoms with Crippen LogP contribution in [-0.2, 0) is 4.79 Å². The number of ether oxygens (including phenoxy) is 1. The number of carbonyl (C=O) groups is 1. The summed E-state index contributed by atoms with van der Waals surface area (Å²) < 4.78 is 6.09. The summed E-state index contributed by atoms with van der Waals surface area (Å²) >= 11 is 0. The minimum atomic E-state index is 0.113. The van der Waals surface area contributed by atoms with E-state index in [1.807, 2.05) is 12.1 Å². The monoisotopic (exact) mass is 551 g/mol. The highest BCUT2D eigenvalue weighted by atomic mass is 16.5. The molecule has 216 valence electrons. The number of amides is 1. The zero-order valence-electron chi connectivity index (χ0n) is 24.8. The van der Waals surface area contributed by atoms with E-state index in [4.69, 9.17) is 4.74 Å². The first-order valence-electron chi connectivity index (χ1n) is 15.4. The predicted octanol–water partition coefficient (Wildman–Crippen LogP) is 7.20. The Balaban J connectivity index is 1.33. The summed E-state index contributed by atoms with van der Waals surface area (Å²) in [6.45, 7) is 8.46. The molecule has 0 saturated carbocycles. The fourth-order valence-corrected chi connectivity index (χ4v) is 6.16. The molecule has 41 heavy (non-hydrogen) atoms. The first kappa shape index (κ1) is 29.1. The molecule has 2 aliphatic rings. The topological polar surface area (TPSA) is 44.8 Å². The Morgan fingerprint density at radius 1 is 0.829 bits per heavy atom. The lowest BCUT2D eigenvalue weighted by Crippen LogP contribution is -2.31. The van der Waals surface area contributed by atoms with Crippen molar-refractivity contribution in [3.63, 3.8) is 0 Å². The van der Waals surface area contributed by atoms with Gasteiger partial charge in [0.15, 0.2) is 0 Å². The number of benzene rings is 3. The molecule has 3 aromatic carbocycles. The van der Waals surface area contributed by atoms with Gasteiger partial charge in [-0.25, -0.2) is 0 Å². The van der Waals surface area contributed by atoms with Crippen molar-refractivity contribution in [2.75, 3.05) is 51.7 Å². The number of likely N-dealkylation sites (tertiary alicyclic amines) is 2. The molecule has 2 fully saturated rings. The summed E-state index contributed by atoms with van der Waals surface area (Å²) in [5, 5.41) is 3.14. The SMILES string of the molecule is CC/C(=C(/c1ccc(NC(=O)CC2CCN(C)CC2)cc1)c1ccc(OCCN2CCCC2)cc1)c1ccccc1. The van der Waals surface area contributed by atoms with Gasteiger partial charge in [-0.15, -0.1) is 0 Å². The first-order chi connectivity index (χ1) is 20.1. The van der Waals surface area contributed by atoms with E-state index in [1.54, 1.807) is 0 Å². The van der Waals surface area contributed by atoms with E-state index in [0.717, 1.165) is 68.1 Å². The predicted molar refractivity (Wildman–Crippen MR) is 170 cm³/mol. The number of rotatable bonds is 11. The van der Waals surface area contributed by atoms with Gasteiger partial charge in [-0.2, -0.15) is 0 Å². The van der Waals surface area contributed by atoms with E-state index < -0.39 is 0 Å². The number of hydrogen-bond acceptors (Lipinski definition) is 4. The van der Waals surface area contributed by atoms with Crippen molar-refractivity contribution in [3.05, 3.63) is 95.6 Å². The normalized spacial score (nSPS) is 17.3. The van der Waals surface area contributed by atoms with Gasteiger partial charge < -0.3 is 15.0 Å². The van der Waals surface area contributed by atoms with E-state index in [-0.39, 0.29) is 5.91 Å². The highest BCUT2D eigenvalue weighted by molar-refractivity contribution is 5.99. The third-order valence-electron chi connectivity index (χ3n) is 8.57. The minimum absolute atomic E-state index is 0.113. The number of allylic oxidation sites excluding steroid dienone is 1. The van der Waals surface area contributed by atoms with Gasteiger partial charge in [0.25, 0.3) is 0 Å². The lowest BCUT2D eigenvalue weighted by atomic mass is 9.88. The van der Waals surface area contributed by atoms with Crippen LogP contribution in [0, 0.1) is 5.92 Å². The lowest BCUT2D eigenvalue weighted by Gasteiger charge is -2.28. The number of carbonyl (C=O) groups excluding carboxylic acids is 1. The van der Waals surface area contributed by atoms with Crippen molar-refractivity contribution in [2.45, 2.75) is 45.4 Å². The summed E-state index contributed by atoms with van der Waals surface area (Å²) in [4.78, 5) is 17.6.